The minimum absolute atomic E-state index is 0.0681. The summed E-state index contributed by atoms with van der Waals surface area (Å²) in [5.41, 5.74) is 5.32. The lowest BCUT2D eigenvalue weighted by Crippen LogP contribution is -2.53. The van der Waals surface area contributed by atoms with Gasteiger partial charge in [0.25, 0.3) is 5.91 Å². The van der Waals surface area contributed by atoms with Gasteiger partial charge in [-0.3, -0.25) is 9.48 Å². The van der Waals surface area contributed by atoms with Gasteiger partial charge < -0.3 is 10.1 Å². The van der Waals surface area contributed by atoms with Crippen LogP contribution < -0.4 is 10.1 Å². The number of halogens is 1. The maximum atomic E-state index is 13.4. The molecule has 0 bridgehead atoms. The van der Waals surface area contributed by atoms with Gasteiger partial charge in [0.15, 0.2) is 0 Å². The molecule has 6 nitrogen and oxygen atoms in total. The molecule has 4 aromatic rings. The Morgan fingerprint density at radius 1 is 1.16 bits per heavy atom. The molecule has 192 valence electrons. The van der Waals surface area contributed by atoms with Crippen molar-refractivity contribution in [2.45, 2.75) is 51.1 Å². The van der Waals surface area contributed by atoms with E-state index in [1.165, 1.54) is 19.3 Å². The highest BCUT2D eigenvalue weighted by atomic mass is 35.5. The fourth-order valence-corrected chi connectivity index (χ4v) is 6.29. The number of carbonyl (C=O) groups is 1. The number of nitrogens with one attached hydrogen (secondary N) is 1. The number of methoxy groups -OCH3 is 1. The van der Waals surface area contributed by atoms with Gasteiger partial charge in [-0.15, -0.1) is 0 Å². The first-order valence-corrected chi connectivity index (χ1v) is 13.4. The molecule has 3 aromatic carbocycles. The number of carbonyl (C=O) groups excluding carboxylic acids is 1. The van der Waals surface area contributed by atoms with Crippen LogP contribution in [0.3, 0.4) is 0 Å². The van der Waals surface area contributed by atoms with E-state index in [1.54, 1.807) is 31.5 Å². The van der Waals surface area contributed by atoms with E-state index in [-0.39, 0.29) is 18.0 Å². The van der Waals surface area contributed by atoms with Crippen LogP contribution in [-0.4, -0.2) is 28.8 Å². The molecular weight excluding hydrogens is 496 g/mol. The number of nitriles is 1. The average Bonchev–Trinajstić information content (AvgIpc) is 3.35. The number of hydrogen-bond acceptors (Lipinski definition) is 4. The van der Waals surface area contributed by atoms with Crippen LogP contribution in [0.5, 0.6) is 5.75 Å². The second-order valence-corrected chi connectivity index (χ2v) is 11.1. The van der Waals surface area contributed by atoms with Crippen LogP contribution in [0.2, 0.25) is 5.02 Å². The van der Waals surface area contributed by atoms with Crippen molar-refractivity contribution in [3.8, 4) is 22.9 Å². The number of nitrogens with zero attached hydrogens (tertiary/aromatic N) is 3. The van der Waals surface area contributed by atoms with E-state index in [1.807, 2.05) is 28.9 Å². The van der Waals surface area contributed by atoms with Crippen LogP contribution in [-0.2, 0) is 0 Å². The Morgan fingerprint density at radius 2 is 1.92 bits per heavy atom. The molecule has 7 heteroatoms. The molecule has 38 heavy (non-hydrogen) atoms. The molecule has 2 aliphatic rings. The highest BCUT2D eigenvalue weighted by molar-refractivity contribution is 6.36. The molecule has 2 fully saturated rings. The van der Waals surface area contributed by atoms with Crippen molar-refractivity contribution < 1.29 is 9.53 Å². The third-order valence-corrected chi connectivity index (χ3v) is 8.75. The number of hydrogen-bond donors (Lipinski definition) is 1. The maximum Gasteiger partial charge on any atom is 0.253 e. The van der Waals surface area contributed by atoms with E-state index in [4.69, 9.17) is 16.3 Å². The van der Waals surface area contributed by atoms with Crippen LogP contribution in [0.4, 0.5) is 0 Å². The van der Waals surface area contributed by atoms with Crippen LogP contribution in [0.15, 0.2) is 60.8 Å². The molecular formula is C31H29ClN4O2. The van der Waals surface area contributed by atoms with Crippen molar-refractivity contribution in [2.75, 3.05) is 7.11 Å². The molecule has 1 spiro atoms. The standard InChI is InChI=1S/C31H29ClN4O2/c1-19(21-4-6-22(7-5-21)23-12-20(17-33)13-25(14-23)38-2)36-29-26(8-9-28(32)27(29)18-34-36)30(37)35-24-15-31(16-24)10-3-11-31/h4-9,12-14,18-19,24H,3,10-11,15-16H2,1-2H3,(H,35,37)/t19-/m0/s1. The molecule has 0 saturated heterocycles. The first-order valence-electron chi connectivity index (χ1n) is 13.1. The van der Waals surface area contributed by atoms with Crippen molar-refractivity contribution in [1.82, 2.24) is 15.1 Å². The molecule has 1 aromatic heterocycles. The fraction of sp³-hybridized carbons (Fsp3) is 0.323. The van der Waals surface area contributed by atoms with Gasteiger partial charge in [0, 0.05) is 11.4 Å². The lowest BCUT2D eigenvalue weighted by molar-refractivity contribution is -0.000604. The third-order valence-electron chi connectivity index (χ3n) is 8.42. The van der Waals surface area contributed by atoms with E-state index in [9.17, 15) is 10.1 Å². The predicted octanol–water partition coefficient (Wildman–Crippen LogP) is 6.91. The van der Waals surface area contributed by atoms with E-state index in [0.717, 1.165) is 40.4 Å². The number of amides is 1. The van der Waals surface area contributed by atoms with Crippen LogP contribution in [0, 0.1) is 16.7 Å². The summed E-state index contributed by atoms with van der Waals surface area (Å²) in [6, 6.07) is 19.5. The largest absolute Gasteiger partial charge is 0.497 e. The second-order valence-electron chi connectivity index (χ2n) is 10.7. The average molecular weight is 525 g/mol. The van der Waals surface area contributed by atoms with Gasteiger partial charge >= 0.3 is 0 Å². The van der Waals surface area contributed by atoms with Gasteiger partial charge in [-0.25, -0.2) is 0 Å². The van der Waals surface area contributed by atoms with Crippen LogP contribution in [0.1, 0.15) is 66.6 Å². The van der Waals surface area contributed by atoms with Crippen molar-refractivity contribution in [3.05, 3.63) is 82.5 Å². The Kier molecular flexibility index (Phi) is 6.12. The molecule has 1 amide bonds. The van der Waals surface area contributed by atoms with Gasteiger partial charge in [0.05, 0.1) is 47.1 Å². The first-order chi connectivity index (χ1) is 18.4. The van der Waals surface area contributed by atoms with Crippen molar-refractivity contribution in [1.29, 1.82) is 5.26 Å². The molecule has 0 aliphatic heterocycles. The molecule has 0 unspecified atom stereocenters. The normalized spacial score (nSPS) is 16.9. The number of fused-ring (bicyclic) bond motifs is 1. The smallest absolute Gasteiger partial charge is 0.253 e. The highest BCUT2D eigenvalue weighted by Crippen LogP contribution is 2.55. The Bertz CT molecular complexity index is 1570. The summed E-state index contributed by atoms with van der Waals surface area (Å²) < 4.78 is 7.25. The Morgan fingerprint density at radius 3 is 2.58 bits per heavy atom. The zero-order valence-corrected chi connectivity index (χ0v) is 22.3. The minimum Gasteiger partial charge on any atom is -0.497 e. The van der Waals surface area contributed by atoms with Crippen LogP contribution in [0.25, 0.3) is 22.0 Å². The summed E-state index contributed by atoms with van der Waals surface area (Å²) in [7, 11) is 1.59. The summed E-state index contributed by atoms with van der Waals surface area (Å²) in [6.07, 6.45) is 7.82. The van der Waals surface area contributed by atoms with E-state index in [2.05, 4.69) is 35.5 Å². The van der Waals surface area contributed by atoms with E-state index in [0.29, 0.717) is 27.3 Å². The topological polar surface area (TPSA) is 79.9 Å². The highest BCUT2D eigenvalue weighted by Gasteiger charge is 2.48. The van der Waals surface area contributed by atoms with Crippen molar-refractivity contribution in [3.63, 3.8) is 0 Å². The summed E-state index contributed by atoms with van der Waals surface area (Å²) in [5.74, 6) is 0.577. The zero-order valence-electron chi connectivity index (χ0n) is 21.5. The maximum absolute atomic E-state index is 13.4. The number of ether oxygens (including phenoxy) is 1. The number of rotatable bonds is 6. The molecule has 2 aliphatic carbocycles. The van der Waals surface area contributed by atoms with Crippen molar-refractivity contribution in [2.24, 2.45) is 5.41 Å². The lowest BCUT2D eigenvalue weighted by Gasteiger charge is -2.54. The second kappa shape index (κ2) is 9.49. The molecule has 0 radical (unpaired) electrons. The van der Waals surface area contributed by atoms with E-state index < -0.39 is 0 Å². The first kappa shape index (κ1) is 24.5. The van der Waals surface area contributed by atoms with Gasteiger partial charge in [0.1, 0.15) is 5.75 Å². The predicted molar refractivity (Wildman–Crippen MR) is 148 cm³/mol. The summed E-state index contributed by atoms with van der Waals surface area (Å²) in [5, 5.41) is 18.6. The minimum atomic E-state index is -0.131. The number of benzene rings is 3. The third kappa shape index (κ3) is 4.21. The Labute approximate surface area is 227 Å². The Balaban J connectivity index is 1.28. The Hall–Kier alpha value is -3.82. The van der Waals surface area contributed by atoms with Crippen LogP contribution >= 0.6 is 11.6 Å². The SMILES string of the molecule is COc1cc(C#N)cc(-c2ccc([C@H](C)n3ncc4c(Cl)ccc(C(=O)NC5CC6(CCC6)C5)c43)cc2)c1. The van der Waals surface area contributed by atoms with E-state index >= 15 is 0 Å². The molecule has 6 rings (SSSR count). The zero-order chi connectivity index (χ0) is 26.4. The molecule has 1 N–H and O–H groups in total. The summed E-state index contributed by atoms with van der Waals surface area (Å²) in [6.45, 7) is 2.07. The molecule has 1 atom stereocenters. The monoisotopic (exact) mass is 524 g/mol. The van der Waals surface area contributed by atoms with Gasteiger partial charge in [-0.1, -0.05) is 42.3 Å². The molecule has 2 saturated carbocycles. The number of aromatic nitrogens is 2. The van der Waals surface area contributed by atoms with Gasteiger partial charge in [-0.05, 0) is 85.0 Å². The summed E-state index contributed by atoms with van der Waals surface area (Å²) >= 11 is 6.53. The van der Waals surface area contributed by atoms with Crippen molar-refractivity contribution >= 4 is 28.4 Å². The van der Waals surface area contributed by atoms with Gasteiger partial charge in [0.2, 0.25) is 0 Å². The molecule has 1 heterocycles. The fourth-order valence-electron chi connectivity index (χ4n) is 6.09. The summed E-state index contributed by atoms with van der Waals surface area (Å²) in [4.78, 5) is 13.4. The van der Waals surface area contributed by atoms with Gasteiger partial charge in [-0.2, -0.15) is 10.4 Å². The quantitative estimate of drug-likeness (QED) is 0.297. The lowest BCUT2D eigenvalue weighted by atomic mass is 9.54.